The van der Waals surface area contributed by atoms with Gasteiger partial charge >= 0.3 is 0 Å². The van der Waals surface area contributed by atoms with Gasteiger partial charge in [0.2, 0.25) is 0 Å². The molecule has 3 heteroatoms. The third-order valence-corrected chi connectivity index (χ3v) is 9.32. The zero-order chi connectivity index (χ0) is 17.7. The van der Waals surface area contributed by atoms with Crippen LogP contribution in [0.2, 0.25) is 0 Å². The molecule has 0 aromatic carbocycles. The monoisotopic (exact) mass is 329 g/mol. The normalized spacial score (nSPS) is 49.4. The second-order valence-electron chi connectivity index (χ2n) is 10.3. The van der Waals surface area contributed by atoms with E-state index in [4.69, 9.17) is 0 Å². The summed E-state index contributed by atoms with van der Waals surface area (Å²) in [4.78, 5) is 25.9. The van der Waals surface area contributed by atoms with Crippen molar-refractivity contribution in [3.63, 3.8) is 0 Å². The fraction of sp³-hybridized carbons (Fsp3) is 0.810. The van der Waals surface area contributed by atoms with Crippen LogP contribution < -0.4 is 5.32 Å². The minimum absolute atomic E-state index is 0.0293. The number of nitrogens with one attached hydrogen (secondary N) is 1. The van der Waals surface area contributed by atoms with Crippen LogP contribution in [0.1, 0.15) is 67.2 Å². The fourth-order valence-electron chi connectivity index (χ4n) is 6.55. The molecule has 0 aromatic rings. The summed E-state index contributed by atoms with van der Waals surface area (Å²) in [6.45, 7) is 13.2. The molecule has 0 radical (unpaired) electrons. The maximum Gasteiger partial charge on any atom is 0.167 e. The quantitative estimate of drug-likeness (QED) is 0.782. The Balaban J connectivity index is 1.62. The molecular weight excluding hydrogens is 298 g/mol. The summed E-state index contributed by atoms with van der Waals surface area (Å²) in [6, 6.07) is -0.117. The molecule has 3 nitrogen and oxygen atoms in total. The Hall–Kier alpha value is -1.12. The molecule has 4 fully saturated rings. The van der Waals surface area contributed by atoms with E-state index in [0.29, 0.717) is 23.4 Å². The van der Waals surface area contributed by atoms with Crippen LogP contribution in [0.5, 0.6) is 0 Å². The van der Waals surface area contributed by atoms with Gasteiger partial charge in [-0.2, -0.15) is 0 Å². The first kappa shape index (κ1) is 16.4. The van der Waals surface area contributed by atoms with Gasteiger partial charge < -0.3 is 5.32 Å². The van der Waals surface area contributed by atoms with Gasteiger partial charge in [0.25, 0.3) is 0 Å². The zero-order valence-electron chi connectivity index (χ0n) is 16.0. The van der Waals surface area contributed by atoms with E-state index in [2.05, 4.69) is 46.9 Å². The van der Waals surface area contributed by atoms with Crippen molar-refractivity contribution in [3.05, 3.63) is 11.8 Å². The summed E-state index contributed by atoms with van der Waals surface area (Å²) >= 11 is 0. The lowest BCUT2D eigenvalue weighted by Gasteiger charge is -2.32. The van der Waals surface area contributed by atoms with Gasteiger partial charge in [-0.25, -0.2) is 0 Å². The molecule has 4 saturated carbocycles. The van der Waals surface area contributed by atoms with Crippen LogP contribution in [0.25, 0.3) is 0 Å². The van der Waals surface area contributed by atoms with Gasteiger partial charge in [-0.15, -0.1) is 0 Å². The SMILES string of the molecule is CC1(C)[C@@H]2CC[C@@]1(C)C(=O)[C@@H]2N/C=C1/C(=O)[C@]2(C)CC[C@@H]1C2(C)C. The Labute approximate surface area is 145 Å². The molecule has 0 amide bonds. The summed E-state index contributed by atoms with van der Waals surface area (Å²) in [5, 5.41) is 3.42. The summed E-state index contributed by atoms with van der Waals surface area (Å²) in [6.07, 6.45) is 6.13. The molecule has 0 spiro atoms. The number of fused-ring (bicyclic) bond motifs is 4. The average molecular weight is 329 g/mol. The van der Waals surface area contributed by atoms with Gasteiger partial charge in [-0.1, -0.05) is 41.5 Å². The maximum absolute atomic E-state index is 13.0. The van der Waals surface area contributed by atoms with E-state index in [9.17, 15) is 9.59 Å². The second-order valence-corrected chi connectivity index (χ2v) is 10.3. The van der Waals surface area contributed by atoms with Crippen LogP contribution in [-0.2, 0) is 9.59 Å². The average Bonchev–Trinajstić information content (AvgIpc) is 2.97. The van der Waals surface area contributed by atoms with E-state index in [1.807, 2.05) is 6.20 Å². The number of hydrogen-bond donors (Lipinski definition) is 1. The van der Waals surface area contributed by atoms with E-state index < -0.39 is 0 Å². The van der Waals surface area contributed by atoms with Gasteiger partial charge in [-0.05, 0) is 48.3 Å². The fourth-order valence-corrected chi connectivity index (χ4v) is 6.55. The zero-order valence-corrected chi connectivity index (χ0v) is 16.0. The topological polar surface area (TPSA) is 46.2 Å². The van der Waals surface area contributed by atoms with Crippen LogP contribution in [0.3, 0.4) is 0 Å². The van der Waals surface area contributed by atoms with Gasteiger partial charge in [0.1, 0.15) is 0 Å². The molecule has 24 heavy (non-hydrogen) atoms. The number of carbonyl (C=O) groups is 2. The third kappa shape index (κ3) is 1.51. The van der Waals surface area contributed by atoms with E-state index in [0.717, 1.165) is 31.3 Å². The molecule has 0 heterocycles. The van der Waals surface area contributed by atoms with Crippen LogP contribution in [-0.4, -0.2) is 17.6 Å². The molecule has 4 aliphatic rings. The molecule has 4 aliphatic carbocycles. The van der Waals surface area contributed by atoms with Crippen LogP contribution in [0.4, 0.5) is 0 Å². The highest BCUT2D eigenvalue weighted by molar-refractivity contribution is 6.04. The number of rotatable bonds is 2. The predicted octanol–water partition coefficient (Wildman–Crippen LogP) is 3.88. The Kier molecular flexibility index (Phi) is 2.96. The molecular formula is C21H31NO2. The molecule has 0 aromatic heterocycles. The Morgan fingerprint density at radius 1 is 0.917 bits per heavy atom. The highest BCUT2D eigenvalue weighted by Gasteiger charge is 2.67. The summed E-state index contributed by atoms with van der Waals surface area (Å²) in [5.41, 5.74) is 0.575. The second kappa shape index (κ2) is 4.34. The van der Waals surface area contributed by atoms with E-state index in [1.165, 1.54) is 0 Å². The molecule has 5 atom stereocenters. The molecule has 0 aliphatic heterocycles. The molecule has 0 unspecified atom stereocenters. The Bertz CT molecular complexity index is 673. The maximum atomic E-state index is 13.0. The molecule has 4 rings (SSSR count). The Morgan fingerprint density at radius 3 is 2.04 bits per heavy atom. The molecule has 4 bridgehead atoms. The lowest BCUT2D eigenvalue weighted by molar-refractivity contribution is -0.130. The molecule has 0 saturated heterocycles. The van der Waals surface area contributed by atoms with Crippen molar-refractivity contribution < 1.29 is 9.59 Å². The third-order valence-electron chi connectivity index (χ3n) is 9.32. The van der Waals surface area contributed by atoms with Gasteiger partial charge in [-0.3, -0.25) is 9.59 Å². The van der Waals surface area contributed by atoms with E-state index in [-0.39, 0.29) is 27.7 Å². The lowest BCUT2D eigenvalue weighted by Crippen LogP contribution is -2.41. The van der Waals surface area contributed by atoms with Crippen molar-refractivity contribution in [3.8, 4) is 0 Å². The summed E-state index contributed by atoms with van der Waals surface area (Å²) < 4.78 is 0. The summed E-state index contributed by atoms with van der Waals surface area (Å²) in [5.74, 6) is 1.36. The first-order chi connectivity index (χ1) is 11.0. The first-order valence-corrected chi connectivity index (χ1v) is 9.54. The molecule has 132 valence electrons. The number of carbonyl (C=O) groups excluding carboxylic acids is 2. The highest BCUT2D eigenvalue weighted by atomic mass is 16.1. The van der Waals surface area contributed by atoms with Crippen molar-refractivity contribution in [2.45, 2.75) is 73.3 Å². The van der Waals surface area contributed by atoms with Crippen LogP contribution in [0, 0.1) is 33.5 Å². The van der Waals surface area contributed by atoms with Crippen molar-refractivity contribution in [1.29, 1.82) is 0 Å². The number of Topliss-reactive ketones (excluding diaryl/α,β-unsaturated/α-hetero) is 2. The number of allylic oxidation sites excluding steroid dienone is 1. The Morgan fingerprint density at radius 2 is 1.54 bits per heavy atom. The predicted molar refractivity (Wildman–Crippen MR) is 94.2 cm³/mol. The largest absolute Gasteiger partial charge is 0.381 e. The van der Waals surface area contributed by atoms with Gasteiger partial charge in [0.15, 0.2) is 11.6 Å². The summed E-state index contributed by atoms with van der Waals surface area (Å²) in [7, 11) is 0. The first-order valence-electron chi connectivity index (χ1n) is 9.54. The van der Waals surface area contributed by atoms with Gasteiger partial charge in [0, 0.05) is 22.6 Å². The molecule has 1 N–H and O–H groups in total. The van der Waals surface area contributed by atoms with Crippen molar-refractivity contribution in [1.82, 2.24) is 5.32 Å². The van der Waals surface area contributed by atoms with E-state index in [1.54, 1.807) is 0 Å². The van der Waals surface area contributed by atoms with Crippen molar-refractivity contribution in [2.75, 3.05) is 0 Å². The minimum Gasteiger partial charge on any atom is -0.381 e. The van der Waals surface area contributed by atoms with Crippen LogP contribution in [0.15, 0.2) is 11.8 Å². The highest BCUT2D eigenvalue weighted by Crippen LogP contribution is 2.66. The lowest BCUT2D eigenvalue weighted by atomic mass is 9.70. The van der Waals surface area contributed by atoms with E-state index >= 15 is 0 Å². The van der Waals surface area contributed by atoms with Gasteiger partial charge in [0.05, 0.1) is 6.04 Å². The van der Waals surface area contributed by atoms with Crippen molar-refractivity contribution in [2.24, 2.45) is 33.5 Å². The number of ketones is 2. The smallest absolute Gasteiger partial charge is 0.167 e. The minimum atomic E-state index is -0.227. The number of hydrogen-bond acceptors (Lipinski definition) is 3. The van der Waals surface area contributed by atoms with Crippen LogP contribution >= 0.6 is 0 Å². The van der Waals surface area contributed by atoms with Crippen molar-refractivity contribution >= 4 is 11.6 Å². The standard InChI is InChI=1S/C21H31NO2/c1-18(2)13-7-9-20(18,5)16(23)12(13)11-22-15-14-8-10-21(6,17(15)24)19(14,3)4/h11,13-15,22H,7-10H2,1-6H3/b12-11+/t13-,14+,15+,20-,21-/m0/s1.